The zero-order valence-corrected chi connectivity index (χ0v) is 13.8. The van der Waals surface area contributed by atoms with E-state index < -0.39 is 29.7 Å². The Morgan fingerprint density at radius 2 is 1.45 bits per heavy atom. The third kappa shape index (κ3) is 5.61. The van der Waals surface area contributed by atoms with E-state index in [1.165, 1.54) is 21.1 Å². The van der Waals surface area contributed by atoms with Crippen molar-refractivity contribution in [2.45, 2.75) is 45.4 Å². The Balaban J connectivity index is 5.47. The lowest BCUT2D eigenvalue weighted by atomic mass is 9.92. The van der Waals surface area contributed by atoms with Gasteiger partial charge in [-0.15, -0.1) is 0 Å². The Morgan fingerprint density at radius 3 is 1.77 bits per heavy atom. The lowest BCUT2D eigenvalue weighted by molar-refractivity contribution is -0.170. The summed E-state index contributed by atoms with van der Waals surface area (Å²) < 4.78 is 20.0. The summed E-state index contributed by atoms with van der Waals surface area (Å²) in [6, 6.07) is 0. The number of ether oxygens (including phenoxy) is 4. The van der Waals surface area contributed by atoms with E-state index in [-0.39, 0.29) is 26.1 Å². The molecular weight excluding hydrogens is 294 g/mol. The van der Waals surface area contributed by atoms with Crippen LogP contribution in [-0.2, 0) is 33.3 Å². The number of nitrogens with one attached hydrogen (secondary N) is 1. The standard InChI is InChI=1S/C14H25NO7/c1-6-21-12(17)14(15-10(3)16,13(18)22-7-2)9-8-11(19-4)20-5/h11H,6-9H2,1-5H3,(H,15,16). The van der Waals surface area contributed by atoms with Crippen LogP contribution in [0.25, 0.3) is 0 Å². The van der Waals surface area contributed by atoms with Crippen LogP contribution in [0, 0.1) is 0 Å². The molecule has 0 aromatic carbocycles. The molecule has 0 fully saturated rings. The molecule has 0 atom stereocenters. The Hall–Kier alpha value is -1.67. The molecule has 128 valence electrons. The fourth-order valence-corrected chi connectivity index (χ4v) is 1.93. The molecule has 0 bridgehead atoms. The zero-order chi connectivity index (χ0) is 17.2. The second-order valence-corrected chi connectivity index (χ2v) is 4.47. The molecule has 0 aliphatic rings. The molecule has 0 heterocycles. The van der Waals surface area contributed by atoms with Crippen molar-refractivity contribution >= 4 is 17.8 Å². The minimum absolute atomic E-state index is 0.0670. The molecule has 0 aliphatic heterocycles. The normalized spacial score (nSPS) is 11.2. The molecule has 0 rings (SSSR count). The highest BCUT2D eigenvalue weighted by molar-refractivity contribution is 6.07. The van der Waals surface area contributed by atoms with Crippen LogP contribution in [0.1, 0.15) is 33.6 Å². The first kappa shape index (κ1) is 20.3. The summed E-state index contributed by atoms with van der Waals surface area (Å²) in [6.07, 6.45) is -0.515. The fourth-order valence-electron chi connectivity index (χ4n) is 1.93. The van der Waals surface area contributed by atoms with Crippen molar-refractivity contribution < 1.29 is 33.3 Å². The zero-order valence-electron chi connectivity index (χ0n) is 13.8. The maximum absolute atomic E-state index is 12.3. The van der Waals surface area contributed by atoms with Gasteiger partial charge in [0.15, 0.2) is 6.29 Å². The SMILES string of the molecule is CCOC(=O)C(CCC(OC)OC)(NC(C)=O)C(=O)OCC. The Bertz CT molecular complexity index is 361. The van der Waals surface area contributed by atoms with Gasteiger partial charge in [-0.1, -0.05) is 0 Å². The van der Waals surface area contributed by atoms with Crippen molar-refractivity contribution in [2.24, 2.45) is 0 Å². The number of methoxy groups -OCH3 is 2. The predicted molar refractivity (Wildman–Crippen MR) is 76.9 cm³/mol. The van der Waals surface area contributed by atoms with E-state index >= 15 is 0 Å². The van der Waals surface area contributed by atoms with E-state index in [1.807, 2.05) is 0 Å². The Labute approximate surface area is 130 Å². The summed E-state index contributed by atoms with van der Waals surface area (Å²) in [5, 5.41) is 2.37. The summed E-state index contributed by atoms with van der Waals surface area (Å²) in [7, 11) is 2.87. The number of hydrogen-bond donors (Lipinski definition) is 1. The maximum atomic E-state index is 12.3. The molecule has 0 aromatic rings. The highest BCUT2D eigenvalue weighted by Crippen LogP contribution is 2.20. The molecule has 0 radical (unpaired) electrons. The van der Waals surface area contributed by atoms with Crippen molar-refractivity contribution in [1.82, 2.24) is 5.32 Å². The van der Waals surface area contributed by atoms with Crippen LogP contribution in [0.2, 0.25) is 0 Å². The first-order chi connectivity index (χ1) is 10.4. The fraction of sp³-hybridized carbons (Fsp3) is 0.786. The van der Waals surface area contributed by atoms with Crippen LogP contribution in [0.3, 0.4) is 0 Å². The summed E-state index contributed by atoms with van der Waals surface area (Å²) in [5.74, 6) is -2.28. The van der Waals surface area contributed by atoms with E-state index in [0.29, 0.717) is 0 Å². The van der Waals surface area contributed by atoms with Crippen LogP contribution < -0.4 is 5.32 Å². The summed E-state index contributed by atoms with van der Waals surface area (Å²) in [6.45, 7) is 4.55. The van der Waals surface area contributed by atoms with Gasteiger partial charge in [0.1, 0.15) is 0 Å². The monoisotopic (exact) mass is 319 g/mol. The number of hydrogen-bond acceptors (Lipinski definition) is 7. The Kier molecular flexibility index (Phi) is 9.35. The average Bonchev–Trinajstić information content (AvgIpc) is 2.46. The second kappa shape index (κ2) is 10.1. The van der Waals surface area contributed by atoms with Gasteiger partial charge in [0.2, 0.25) is 11.4 Å². The van der Waals surface area contributed by atoms with Crippen LogP contribution in [0.15, 0.2) is 0 Å². The van der Waals surface area contributed by atoms with Crippen molar-refractivity contribution in [2.75, 3.05) is 27.4 Å². The summed E-state index contributed by atoms with van der Waals surface area (Å²) in [5.41, 5.74) is -1.91. The van der Waals surface area contributed by atoms with Crippen molar-refractivity contribution in [3.8, 4) is 0 Å². The van der Waals surface area contributed by atoms with Gasteiger partial charge in [0, 0.05) is 27.6 Å². The van der Waals surface area contributed by atoms with Crippen molar-refractivity contribution in [1.29, 1.82) is 0 Å². The predicted octanol–water partition coefficient (Wildman–Crippen LogP) is 0.387. The molecule has 0 saturated carbocycles. The van der Waals surface area contributed by atoms with Gasteiger partial charge in [-0.2, -0.15) is 0 Å². The summed E-state index contributed by atoms with van der Waals surface area (Å²) in [4.78, 5) is 36.0. The highest BCUT2D eigenvalue weighted by Gasteiger charge is 2.50. The molecule has 1 N–H and O–H groups in total. The molecule has 22 heavy (non-hydrogen) atoms. The van der Waals surface area contributed by atoms with E-state index in [1.54, 1.807) is 13.8 Å². The number of carbonyl (C=O) groups excluding carboxylic acids is 3. The van der Waals surface area contributed by atoms with Gasteiger partial charge in [-0.25, -0.2) is 9.59 Å². The topological polar surface area (TPSA) is 100 Å². The number of rotatable bonds is 10. The van der Waals surface area contributed by atoms with Gasteiger partial charge in [-0.3, -0.25) is 4.79 Å². The van der Waals surface area contributed by atoms with Crippen LogP contribution in [0.4, 0.5) is 0 Å². The molecule has 0 unspecified atom stereocenters. The molecule has 1 amide bonds. The lowest BCUT2D eigenvalue weighted by Gasteiger charge is -2.30. The quantitative estimate of drug-likeness (QED) is 0.353. The average molecular weight is 319 g/mol. The van der Waals surface area contributed by atoms with Crippen molar-refractivity contribution in [3.63, 3.8) is 0 Å². The van der Waals surface area contributed by atoms with Gasteiger partial charge in [0.25, 0.3) is 0 Å². The maximum Gasteiger partial charge on any atom is 0.343 e. The van der Waals surface area contributed by atoms with Gasteiger partial charge in [-0.05, 0) is 20.3 Å². The number of amides is 1. The Morgan fingerprint density at radius 1 is 1.00 bits per heavy atom. The van der Waals surface area contributed by atoms with E-state index in [2.05, 4.69) is 5.32 Å². The van der Waals surface area contributed by atoms with E-state index in [4.69, 9.17) is 18.9 Å². The minimum Gasteiger partial charge on any atom is -0.464 e. The molecule has 0 saturated heterocycles. The number of carbonyl (C=O) groups is 3. The second-order valence-electron chi connectivity index (χ2n) is 4.47. The molecular formula is C14H25NO7. The lowest BCUT2D eigenvalue weighted by Crippen LogP contribution is -2.61. The smallest absolute Gasteiger partial charge is 0.343 e. The van der Waals surface area contributed by atoms with Crippen LogP contribution in [0.5, 0.6) is 0 Å². The number of esters is 2. The molecule has 8 nitrogen and oxygen atoms in total. The minimum atomic E-state index is -1.91. The first-order valence-electron chi connectivity index (χ1n) is 7.06. The van der Waals surface area contributed by atoms with Gasteiger partial charge in [0.05, 0.1) is 13.2 Å². The van der Waals surface area contributed by atoms with Crippen LogP contribution in [-0.4, -0.2) is 57.1 Å². The van der Waals surface area contributed by atoms with Gasteiger partial charge >= 0.3 is 11.9 Å². The largest absolute Gasteiger partial charge is 0.464 e. The molecule has 0 aliphatic carbocycles. The van der Waals surface area contributed by atoms with Crippen molar-refractivity contribution in [3.05, 3.63) is 0 Å². The summed E-state index contributed by atoms with van der Waals surface area (Å²) >= 11 is 0. The molecule has 0 aromatic heterocycles. The third-order valence-electron chi connectivity index (χ3n) is 2.92. The highest BCUT2D eigenvalue weighted by atomic mass is 16.7. The first-order valence-corrected chi connectivity index (χ1v) is 7.06. The van der Waals surface area contributed by atoms with E-state index in [0.717, 1.165) is 0 Å². The van der Waals surface area contributed by atoms with E-state index in [9.17, 15) is 14.4 Å². The molecule has 0 spiro atoms. The third-order valence-corrected chi connectivity index (χ3v) is 2.92. The molecule has 8 heteroatoms. The van der Waals surface area contributed by atoms with Gasteiger partial charge < -0.3 is 24.3 Å². The van der Waals surface area contributed by atoms with Crippen LogP contribution >= 0.6 is 0 Å².